The van der Waals surface area contributed by atoms with Gasteiger partial charge in [0, 0.05) is 37.8 Å². The molecule has 2 aromatic carbocycles. The van der Waals surface area contributed by atoms with Crippen molar-refractivity contribution in [3.05, 3.63) is 71.4 Å². The van der Waals surface area contributed by atoms with Crippen LogP contribution in [0.1, 0.15) is 17.5 Å². The Kier molecular flexibility index (Phi) is 5.82. The third-order valence-corrected chi connectivity index (χ3v) is 5.94. The van der Waals surface area contributed by atoms with Gasteiger partial charge in [0.05, 0.1) is 25.5 Å². The molecule has 9 nitrogen and oxygen atoms in total. The average Bonchev–Trinajstić information content (AvgIpc) is 3.11. The topological polar surface area (TPSA) is 94.0 Å². The first kappa shape index (κ1) is 22.4. The highest BCUT2D eigenvalue weighted by molar-refractivity contribution is 6.30. The molecule has 0 N–H and O–H groups in total. The monoisotopic (exact) mass is 472 g/mol. The zero-order chi connectivity index (χ0) is 24.5. The minimum atomic E-state index is -0.667. The van der Waals surface area contributed by atoms with Gasteiger partial charge in [-0.2, -0.15) is 5.10 Å². The van der Waals surface area contributed by atoms with E-state index in [1.165, 1.54) is 20.2 Å². The summed E-state index contributed by atoms with van der Waals surface area (Å²) in [5.41, 5.74) is 2.84. The van der Waals surface area contributed by atoms with Crippen LogP contribution in [0.25, 0.3) is 17.3 Å². The van der Waals surface area contributed by atoms with Crippen molar-refractivity contribution in [2.75, 3.05) is 27.3 Å². The highest BCUT2D eigenvalue weighted by Crippen LogP contribution is 2.35. The Balaban J connectivity index is 1.60. The van der Waals surface area contributed by atoms with Crippen LogP contribution in [0.4, 0.5) is 4.79 Å². The molecule has 35 heavy (non-hydrogen) atoms. The summed E-state index contributed by atoms with van der Waals surface area (Å²) in [6.45, 7) is 1.63. The van der Waals surface area contributed by atoms with E-state index in [0.29, 0.717) is 42.5 Å². The van der Waals surface area contributed by atoms with Crippen molar-refractivity contribution in [3.63, 3.8) is 0 Å². The maximum atomic E-state index is 12.8. The van der Waals surface area contributed by atoms with Gasteiger partial charge in [-0.25, -0.2) is 4.79 Å². The zero-order valence-corrected chi connectivity index (χ0v) is 19.4. The number of nitrogens with zero attached hydrogens (tertiary/aromatic N) is 4. The van der Waals surface area contributed by atoms with Crippen molar-refractivity contribution < 1.29 is 23.9 Å². The third kappa shape index (κ3) is 4.28. The fraction of sp³-hybridized carbons (Fsp3) is 0.231. The van der Waals surface area contributed by atoms with E-state index >= 15 is 0 Å². The molecule has 0 bridgehead atoms. The van der Waals surface area contributed by atoms with Crippen LogP contribution in [0.15, 0.2) is 60.3 Å². The Morgan fingerprint density at radius 3 is 2.31 bits per heavy atom. The first-order chi connectivity index (χ1) is 16.9. The number of hydrogen-bond acceptors (Lipinski definition) is 6. The summed E-state index contributed by atoms with van der Waals surface area (Å²) < 4.78 is 13.3. The van der Waals surface area contributed by atoms with Crippen LogP contribution >= 0.6 is 0 Å². The molecule has 0 spiro atoms. The Hall–Kier alpha value is -4.40. The van der Waals surface area contributed by atoms with E-state index in [0.717, 1.165) is 27.3 Å². The van der Waals surface area contributed by atoms with Crippen molar-refractivity contribution in [2.45, 2.75) is 13.0 Å². The van der Waals surface area contributed by atoms with Crippen LogP contribution in [-0.2, 0) is 16.1 Å². The second kappa shape index (κ2) is 9.09. The Morgan fingerprint density at radius 2 is 1.60 bits per heavy atom. The summed E-state index contributed by atoms with van der Waals surface area (Å²) >= 11 is 0. The smallest absolute Gasteiger partial charge is 0.333 e. The number of carbonyl (C=O) groups is 3. The number of amides is 4. The summed E-state index contributed by atoms with van der Waals surface area (Å²) in [5, 5.41) is 4.78. The molecule has 3 heterocycles. The number of urea groups is 1. The lowest BCUT2D eigenvalue weighted by atomic mass is 10.0. The highest BCUT2D eigenvalue weighted by Gasteiger charge is 2.38. The lowest BCUT2D eigenvalue weighted by Gasteiger charge is -2.28. The number of rotatable bonds is 4. The number of imide groups is 2. The number of benzene rings is 2. The van der Waals surface area contributed by atoms with Crippen LogP contribution in [0, 0.1) is 0 Å². The van der Waals surface area contributed by atoms with E-state index in [1.54, 1.807) is 10.9 Å². The Labute approximate surface area is 202 Å². The SMILES string of the molecule is CN1C(=O)C(=Cc2cn(Cc3ccccc3)nc2-c2ccc3c(c2)OCCCO3)C(=O)N(C)C1=O. The molecule has 0 radical (unpaired) electrons. The quantitative estimate of drug-likeness (QED) is 0.428. The molecule has 2 aliphatic heterocycles. The van der Waals surface area contributed by atoms with Crippen LogP contribution in [0.3, 0.4) is 0 Å². The fourth-order valence-electron chi connectivity index (χ4n) is 4.06. The van der Waals surface area contributed by atoms with Crippen molar-refractivity contribution in [2.24, 2.45) is 0 Å². The standard InChI is InChI=1S/C26H24N4O5/c1-28-24(31)20(25(32)29(2)26(28)33)13-19-16-30(15-17-7-4-3-5-8-17)27-23(19)18-9-10-21-22(14-18)35-12-6-11-34-21/h3-5,7-10,13-14,16H,6,11-12,15H2,1-2H3. The molecule has 1 saturated heterocycles. The summed E-state index contributed by atoms with van der Waals surface area (Å²) in [4.78, 5) is 39.6. The van der Waals surface area contributed by atoms with Gasteiger partial charge in [0.25, 0.3) is 11.8 Å². The number of fused-ring (bicyclic) bond motifs is 1. The van der Waals surface area contributed by atoms with Crippen LogP contribution < -0.4 is 9.47 Å². The first-order valence-electron chi connectivity index (χ1n) is 11.3. The van der Waals surface area contributed by atoms with Gasteiger partial charge in [-0.3, -0.25) is 24.1 Å². The maximum absolute atomic E-state index is 12.8. The predicted octanol–water partition coefficient (Wildman–Crippen LogP) is 3.19. The fourth-order valence-corrected chi connectivity index (χ4v) is 4.06. The normalized spacial score (nSPS) is 15.9. The van der Waals surface area contributed by atoms with Crippen molar-refractivity contribution in [1.82, 2.24) is 19.6 Å². The van der Waals surface area contributed by atoms with Crippen LogP contribution in [0.5, 0.6) is 11.5 Å². The number of hydrogen-bond donors (Lipinski definition) is 0. The molecule has 0 unspecified atom stereocenters. The summed E-state index contributed by atoms with van der Waals surface area (Å²) in [7, 11) is 2.70. The molecule has 1 aromatic heterocycles. The van der Waals surface area contributed by atoms with Crippen molar-refractivity contribution in [3.8, 4) is 22.8 Å². The lowest BCUT2D eigenvalue weighted by molar-refractivity contribution is -0.134. The van der Waals surface area contributed by atoms with E-state index in [9.17, 15) is 14.4 Å². The zero-order valence-electron chi connectivity index (χ0n) is 19.4. The van der Waals surface area contributed by atoms with Gasteiger partial charge in [0.1, 0.15) is 5.57 Å². The van der Waals surface area contributed by atoms with Gasteiger partial charge >= 0.3 is 6.03 Å². The van der Waals surface area contributed by atoms with E-state index in [4.69, 9.17) is 14.6 Å². The van der Waals surface area contributed by atoms with Crippen LogP contribution in [-0.4, -0.2) is 64.7 Å². The molecular formula is C26H24N4O5. The number of ether oxygens (including phenoxy) is 2. The van der Waals surface area contributed by atoms with E-state index in [1.807, 2.05) is 48.5 Å². The van der Waals surface area contributed by atoms with Gasteiger partial charge < -0.3 is 9.47 Å². The molecule has 9 heteroatoms. The summed E-state index contributed by atoms with van der Waals surface area (Å²) in [5.74, 6) is -0.0302. The summed E-state index contributed by atoms with van der Waals surface area (Å²) in [6.07, 6.45) is 4.07. The molecule has 1 fully saturated rings. The molecule has 178 valence electrons. The molecular weight excluding hydrogens is 448 g/mol. The van der Waals surface area contributed by atoms with Crippen LogP contribution in [0.2, 0.25) is 0 Å². The largest absolute Gasteiger partial charge is 0.490 e. The first-order valence-corrected chi connectivity index (χ1v) is 11.3. The van der Waals surface area contributed by atoms with Crippen molar-refractivity contribution >= 4 is 23.9 Å². The van der Waals surface area contributed by atoms with Crippen molar-refractivity contribution in [1.29, 1.82) is 0 Å². The Morgan fingerprint density at radius 1 is 0.914 bits per heavy atom. The number of carbonyl (C=O) groups excluding carboxylic acids is 3. The third-order valence-electron chi connectivity index (χ3n) is 5.94. The van der Waals surface area contributed by atoms with E-state index in [2.05, 4.69) is 0 Å². The van der Waals surface area contributed by atoms with Gasteiger partial charge in [-0.1, -0.05) is 30.3 Å². The molecule has 3 aromatic rings. The Bertz CT molecular complexity index is 1320. The average molecular weight is 473 g/mol. The van der Waals surface area contributed by atoms with Gasteiger partial charge in [-0.15, -0.1) is 0 Å². The molecule has 5 rings (SSSR count). The molecule has 4 amide bonds. The minimum absolute atomic E-state index is 0.107. The van der Waals surface area contributed by atoms with Gasteiger partial charge in [-0.05, 0) is 29.8 Å². The number of likely N-dealkylation sites (N-methyl/N-ethyl adjacent to an activating group) is 2. The minimum Gasteiger partial charge on any atom is -0.490 e. The predicted molar refractivity (Wildman–Crippen MR) is 128 cm³/mol. The highest BCUT2D eigenvalue weighted by atomic mass is 16.5. The summed E-state index contributed by atoms with van der Waals surface area (Å²) in [6, 6.07) is 14.7. The number of barbiturate groups is 1. The number of aromatic nitrogens is 2. The molecule has 2 aliphatic rings. The second-order valence-electron chi connectivity index (χ2n) is 8.40. The van der Waals surface area contributed by atoms with E-state index < -0.39 is 17.8 Å². The molecule has 0 atom stereocenters. The van der Waals surface area contributed by atoms with Gasteiger partial charge in [0.15, 0.2) is 11.5 Å². The molecule has 0 saturated carbocycles. The molecule has 0 aliphatic carbocycles. The van der Waals surface area contributed by atoms with E-state index in [-0.39, 0.29) is 5.57 Å². The lowest BCUT2D eigenvalue weighted by Crippen LogP contribution is -2.52. The maximum Gasteiger partial charge on any atom is 0.333 e. The second-order valence-corrected chi connectivity index (χ2v) is 8.40. The van der Waals surface area contributed by atoms with Gasteiger partial charge in [0.2, 0.25) is 0 Å².